The van der Waals surface area contributed by atoms with Crippen LogP contribution in [0, 0.1) is 24.4 Å². The van der Waals surface area contributed by atoms with Crippen LogP contribution < -0.4 is 5.32 Å². The van der Waals surface area contributed by atoms with E-state index in [1.54, 1.807) is 6.07 Å². The van der Waals surface area contributed by atoms with Crippen molar-refractivity contribution < 1.29 is 13.2 Å². The van der Waals surface area contributed by atoms with E-state index in [0.717, 1.165) is 36.3 Å². The second-order valence-corrected chi connectivity index (χ2v) is 4.68. The quantitative estimate of drug-likeness (QED) is 0.827. The van der Waals surface area contributed by atoms with Crippen molar-refractivity contribution in [2.24, 2.45) is 0 Å². The van der Waals surface area contributed by atoms with Crippen molar-refractivity contribution in [3.8, 4) is 11.1 Å². The van der Waals surface area contributed by atoms with Crippen LogP contribution in [0.3, 0.4) is 0 Å². The van der Waals surface area contributed by atoms with Gasteiger partial charge >= 0.3 is 0 Å². The smallest absolute Gasteiger partial charge is 0.194 e. The molecule has 0 aliphatic rings. The molecule has 0 saturated carbocycles. The summed E-state index contributed by atoms with van der Waals surface area (Å²) in [4.78, 5) is 0. The summed E-state index contributed by atoms with van der Waals surface area (Å²) in [6.45, 7) is 5.49. The molecule has 0 heterocycles. The molecule has 0 aromatic heterocycles. The van der Waals surface area contributed by atoms with Gasteiger partial charge in [0.15, 0.2) is 17.5 Å². The van der Waals surface area contributed by atoms with E-state index in [9.17, 15) is 13.2 Å². The van der Waals surface area contributed by atoms with Crippen molar-refractivity contribution in [2.45, 2.75) is 20.4 Å². The zero-order valence-electron chi connectivity index (χ0n) is 11.4. The van der Waals surface area contributed by atoms with Gasteiger partial charge in [-0.05, 0) is 47.9 Å². The van der Waals surface area contributed by atoms with Crippen LogP contribution in [0.1, 0.15) is 18.1 Å². The lowest BCUT2D eigenvalue weighted by Gasteiger charge is -2.10. The van der Waals surface area contributed by atoms with Crippen LogP contribution in [0.4, 0.5) is 13.2 Å². The zero-order chi connectivity index (χ0) is 14.7. The molecule has 2 aromatic rings. The Bertz CT molecular complexity index is 600. The molecule has 4 heteroatoms. The third kappa shape index (κ3) is 3.02. The molecule has 2 rings (SSSR count). The number of nitrogens with one attached hydrogen (secondary N) is 1. The van der Waals surface area contributed by atoms with Crippen LogP contribution in [-0.4, -0.2) is 6.54 Å². The predicted octanol–water partition coefficient (Wildman–Crippen LogP) is 4.19. The molecule has 0 spiro atoms. The summed E-state index contributed by atoms with van der Waals surface area (Å²) in [6.07, 6.45) is 0. The number of rotatable bonds is 4. The Morgan fingerprint density at radius 1 is 1.00 bits per heavy atom. The SMILES string of the molecule is CCNCc1ccc(-c2cc(F)c(F)c(F)c2)c(C)c1. The Morgan fingerprint density at radius 3 is 2.20 bits per heavy atom. The molecule has 106 valence electrons. The third-order valence-electron chi connectivity index (χ3n) is 3.16. The average Bonchev–Trinajstić information content (AvgIpc) is 2.42. The maximum atomic E-state index is 13.3. The Morgan fingerprint density at radius 2 is 1.65 bits per heavy atom. The number of hydrogen-bond donors (Lipinski definition) is 1. The molecule has 1 N–H and O–H groups in total. The summed E-state index contributed by atoms with van der Waals surface area (Å²) in [5, 5.41) is 3.21. The molecule has 20 heavy (non-hydrogen) atoms. The highest BCUT2D eigenvalue weighted by molar-refractivity contribution is 5.67. The van der Waals surface area contributed by atoms with E-state index in [-0.39, 0.29) is 0 Å². The number of hydrogen-bond acceptors (Lipinski definition) is 1. The monoisotopic (exact) mass is 279 g/mol. The molecule has 0 saturated heterocycles. The Labute approximate surface area is 116 Å². The minimum atomic E-state index is -1.44. The van der Waals surface area contributed by atoms with Gasteiger partial charge in [-0.3, -0.25) is 0 Å². The second-order valence-electron chi connectivity index (χ2n) is 4.68. The van der Waals surface area contributed by atoms with Crippen LogP contribution in [0.2, 0.25) is 0 Å². The molecular weight excluding hydrogens is 263 g/mol. The van der Waals surface area contributed by atoms with E-state index in [2.05, 4.69) is 5.32 Å². The maximum absolute atomic E-state index is 13.3. The summed E-state index contributed by atoms with van der Waals surface area (Å²) >= 11 is 0. The Kier molecular flexibility index (Phi) is 4.45. The lowest BCUT2D eigenvalue weighted by molar-refractivity contribution is 0.447. The van der Waals surface area contributed by atoms with Gasteiger partial charge in [0.05, 0.1) is 0 Å². The van der Waals surface area contributed by atoms with E-state index in [1.807, 2.05) is 26.0 Å². The summed E-state index contributed by atoms with van der Waals surface area (Å²) in [5.74, 6) is -3.78. The first kappa shape index (κ1) is 14.6. The molecule has 1 nitrogen and oxygen atoms in total. The van der Waals surface area contributed by atoms with Gasteiger partial charge < -0.3 is 5.32 Å². The highest BCUT2D eigenvalue weighted by Gasteiger charge is 2.12. The first-order valence-corrected chi connectivity index (χ1v) is 6.48. The van der Waals surface area contributed by atoms with Gasteiger partial charge in [0.25, 0.3) is 0 Å². The molecule has 0 unspecified atom stereocenters. The first-order valence-electron chi connectivity index (χ1n) is 6.48. The summed E-state index contributed by atoms with van der Waals surface area (Å²) in [7, 11) is 0. The van der Waals surface area contributed by atoms with Crippen molar-refractivity contribution in [3.05, 3.63) is 58.9 Å². The Hall–Kier alpha value is -1.81. The lowest BCUT2D eigenvalue weighted by Crippen LogP contribution is -2.11. The predicted molar refractivity (Wildman–Crippen MR) is 73.9 cm³/mol. The van der Waals surface area contributed by atoms with Crippen LogP contribution >= 0.6 is 0 Å². The molecule has 0 bridgehead atoms. The van der Waals surface area contributed by atoms with Gasteiger partial charge in [-0.25, -0.2) is 13.2 Å². The number of benzene rings is 2. The Balaban J connectivity index is 2.38. The molecular formula is C16H16F3N. The van der Waals surface area contributed by atoms with E-state index >= 15 is 0 Å². The van der Waals surface area contributed by atoms with Crippen molar-refractivity contribution in [1.82, 2.24) is 5.32 Å². The molecule has 0 fully saturated rings. The van der Waals surface area contributed by atoms with Crippen LogP contribution in [0.15, 0.2) is 30.3 Å². The normalized spacial score (nSPS) is 10.8. The first-order chi connectivity index (χ1) is 9.52. The minimum Gasteiger partial charge on any atom is -0.313 e. The highest BCUT2D eigenvalue weighted by Crippen LogP contribution is 2.27. The fourth-order valence-corrected chi connectivity index (χ4v) is 2.14. The third-order valence-corrected chi connectivity index (χ3v) is 3.16. The maximum Gasteiger partial charge on any atom is 0.194 e. The second kappa shape index (κ2) is 6.09. The molecule has 2 aromatic carbocycles. The molecule has 0 aliphatic carbocycles. The van der Waals surface area contributed by atoms with E-state index in [1.165, 1.54) is 0 Å². The number of halogens is 3. The van der Waals surface area contributed by atoms with Crippen molar-refractivity contribution in [1.29, 1.82) is 0 Å². The van der Waals surface area contributed by atoms with Crippen LogP contribution in [0.5, 0.6) is 0 Å². The van der Waals surface area contributed by atoms with Gasteiger partial charge in [0, 0.05) is 6.54 Å². The van der Waals surface area contributed by atoms with Crippen LogP contribution in [-0.2, 0) is 6.54 Å². The van der Waals surface area contributed by atoms with Crippen molar-refractivity contribution >= 4 is 0 Å². The van der Waals surface area contributed by atoms with Gasteiger partial charge in [-0.2, -0.15) is 0 Å². The highest BCUT2D eigenvalue weighted by atomic mass is 19.2. The summed E-state index contributed by atoms with van der Waals surface area (Å²) < 4.78 is 39.5. The van der Waals surface area contributed by atoms with Gasteiger partial charge in [0.2, 0.25) is 0 Å². The topological polar surface area (TPSA) is 12.0 Å². The van der Waals surface area contributed by atoms with E-state index in [4.69, 9.17) is 0 Å². The summed E-state index contributed by atoms with van der Waals surface area (Å²) in [5.41, 5.74) is 3.03. The van der Waals surface area contributed by atoms with E-state index in [0.29, 0.717) is 11.1 Å². The molecule has 0 amide bonds. The number of aryl methyl sites for hydroxylation is 1. The standard InChI is InChI=1S/C16H16F3N/c1-3-20-9-11-4-5-13(10(2)6-11)12-7-14(17)16(19)15(18)8-12/h4-8,20H,3,9H2,1-2H3. The molecule has 0 aliphatic heterocycles. The van der Waals surface area contributed by atoms with Crippen LogP contribution in [0.25, 0.3) is 11.1 Å². The van der Waals surface area contributed by atoms with Crippen molar-refractivity contribution in [3.63, 3.8) is 0 Å². The fraction of sp³-hybridized carbons (Fsp3) is 0.250. The van der Waals surface area contributed by atoms with Gasteiger partial charge in [-0.1, -0.05) is 25.1 Å². The van der Waals surface area contributed by atoms with E-state index < -0.39 is 17.5 Å². The largest absolute Gasteiger partial charge is 0.313 e. The molecule has 0 radical (unpaired) electrons. The minimum absolute atomic E-state index is 0.342. The zero-order valence-corrected chi connectivity index (χ0v) is 11.4. The van der Waals surface area contributed by atoms with Gasteiger partial charge in [-0.15, -0.1) is 0 Å². The lowest BCUT2D eigenvalue weighted by atomic mass is 9.98. The summed E-state index contributed by atoms with van der Waals surface area (Å²) in [6, 6.07) is 7.69. The average molecular weight is 279 g/mol. The fourth-order valence-electron chi connectivity index (χ4n) is 2.14. The van der Waals surface area contributed by atoms with Gasteiger partial charge in [0.1, 0.15) is 0 Å². The van der Waals surface area contributed by atoms with Crippen molar-refractivity contribution in [2.75, 3.05) is 6.54 Å². The molecule has 0 atom stereocenters.